The maximum Gasteiger partial charge on any atom is 0.407 e. The molecule has 1 fully saturated rings. The average Bonchev–Trinajstić information content (AvgIpc) is 3.08. The summed E-state index contributed by atoms with van der Waals surface area (Å²) in [6.07, 6.45) is 2.40. The number of rotatable bonds is 6. The molecule has 1 aliphatic carbocycles. The first-order chi connectivity index (χ1) is 8.65. The van der Waals surface area contributed by atoms with Crippen LogP contribution in [0.3, 0.4) is 0 Å². The first kappa shape index (κ1) is 17.0. The number of alkyl carbamates (subject to hydrolysis) is 1. The Bertz CT molecular complexity index is 312. The van der Waals surface area contributed by atoms with E-state index in [1.54, 1.807) is 0 Å². The van der Waals surface area contributed by atoms with Crippen LogP contribution in [0.1, 0.15) is 47.5 Å². The van der Waals surface area contributed by atoms with E-state index in [2.05, 4.69) is 34.8 Å². The molecule has 2 atom stereocenters. The number of alkyl halides is 1. The van der Waals surface area contributed by atoms with Crippen LogP contribution in [0.5, 0.6) is 0 Å². The molecule has 1 N–H and O–H groups in total. The van der Waals surface area contributed by atoms with Gasteiger partial charge in [-0.3, -0.25) is 0 Å². The monoisotopic (exact) mass is 383 g/mol. The van der Waals surface area contributed by atoms with Crippen LogP contribution in [0, 0.1) is 5.92 Å². The van der Waals surface area contributed by atoms with Gasteiger partial charge in [0.05, 0.1) is 18.2 Å². The smallest absolute Gasteiger partial charge is 0.407 e. The summed E-state index contributed by atoms with van der Waals surface area (Å²) in [5.41, 5.74) is -0.799. The van der Waals surface area contributed by atoms with Crippen LogP contribution in [0.15, 0.2) is 0 Å². The van der Waals surface area contributed by atoms with Crippen molar-refractivity contribution in [2.75, 3.05) is 11.0 Å². The molecule has 0 spiro atoms. The molecule has 1 aliphatic rings. The van der Waals surface area contributed by atoms with Crippen LogP contribution >= 0.6 is 22.6 Å². The van der Waals surface area contributed by atoms with Crippen LogP contribution in [0.2, 0.25) is 0 Å². The molecule has 0 aliphatic heterocycles. The molecule has 0 aromatic carbocycles. The molecule has 5 heteroatoms. The van der Waals surface area contributed by atoms with Gasteiger partial charge in [-0.25, -0.2) is 4.79 Å². The number of halogens is 1. The number of hydrogen-bond acceptors (Lipinski definition) is 3. The molecule has 1 saturated carbocycles. The standard InChI is InChI=1S/C14H26INO3/c1-10(11-6-7-11)18-14(5,8-15)9-16-12(17)19-13(2,3)4/h10-11H,6-9H2,1-5H3,(H,16,17). The third-order valence-corrected chi connectivity index (χ3v) is 4.66. The number of hydrogen-bond donors (Lipinski definition) is 1. The third-order valence-electron chi connectivity index (χ3n) is 3.04. The van der Waals surface area contributed by atoms with Crippen molar-refractivity contribution in [3.8, 4) is 0 Å². The minimum Gasteiger partial charge on any atom is -0.444 e. The van der Waals surface area contributed by atoms with Gasteiger partial charge in [-0.05, 0) is 53.4 Å². The Morgan fingerprint density at radius 1 is 1.37 bits per heavy atom. The molecule has 0 aromatic heterocycles. The predicted molar refractivity (Wildman–Crippen MR) is 84.8 cm³/mol. The van der Waals surface area contributed by atoms with E-state index in [0.717, 1.165) is 4.43 Å². The second-order valence-electron chi connectivity index (χ2n) is 6.60. The molecule has 1 rings (SSSR count). The van der Waals surface area contributed by atoms with Crippen LogP contribution in [-0.4, -0.2) is 34.4 Å². The zero-order valence-electron chi connectivity index (χ0n) is 12.6. The van der Waals surface area contributed by atoms with Gasteiger partial charge in [0.1, 0.15) is 5.60 Å². The largest absolute Gasteiger partial charge is 0.444 e. The third kappa shape index (κ3) is 6.79. The predicted octanol–water partition coefficient (Wildman–Crippen LogP) is 3.52. The lowest BCUT2D eigenvalue weighted by Gasteiger charge is -2.32. The van der Waals surface area contributed by atoms with E-state index in [-0.39, 0.29) is 17.8 Å². The normalized spacial score (nSPS) is 20.5. The first-order valence-corrected chi connectivity index (χ1v) is 8.38. The molecule has 0 aromatic rings. The van der Waals surface area contributed by atoms with Crippen LogP contribution in [0.25, 0.3) is 0 Å². The molecule has 0 saturated heterocycles. The van der Waals surface area contributed by atoms with Gasteiger partial charge in [0.15, 0.2) is 0 Å². The highest BCUT2D eigenvalue weighted by Gasteiger charge is 2.35. The van der Waals surface area contributed by atoms with Crippen molar-refractivity contribution in [1.82, 2.24) is 5.32 Å². The molecule has 2 unspecified atom stereocenters. The van der Waals surface area contributed by atoms with Gasteiger partial charge >= 0.3 is 6.09 Å². The fraction of sp³-hybridized carbons (Fsp3) is 0.929. The van der Waals surface area contributed by atoms with Gasteiger partial charge in [-0.1, -0.05) is 22.6 Å². The Labute approximate surface area is 130 Å². The fourth-order valence-electron chi connectivity index (χ4n) is 1.80. The number of carbonyl (C=O) groups is 1. The second kappa shape index (κ2) is 6.61. The maximum absolute atomic E-state index is 11.7. The minimum absolute atomic E-state index is 0.264. The zero-order chi connectivity index (χ0) is 14.7. The van der Waals surface area contributed by atoms with Crippen LogP contribution < -0.4 is 5.32 Å². The van der Waals surface area contributed by atoms with E-state index in [1.165, 1.54) is 12.8 Å². The van der Waals surface area contributed by atoms with Crippen LogP contribution in [0.4, 0.5) is 4.79 Å². The average molecular weight is 383 g/mol. The first-order valence-electron chi connectivity index (χ1n) is 6.86. The van der Waals surface area contributed by atoms with Gasteiger partial charge in [0.25, 0.3) is 0 Å². The van der Waals surface area contributed by atoms with Crippen molar-refractivity contribution in [2.45, 2.75) is 64.8 Å². The van der Waals surface area contributed by atoms with Crippen molar-refractivity contribution < 1.29 is 14.3 Å². The molecule has 1 amide bonds. The number of nitrogens with one attached hydrogen (secondary N) is 1. The summed E-state index contributed by atoms with van der Waals surface area (Å²) >= 11 is 2.30. The molecule has 112 valence electrons. The molecular weight excluding hydrogens is 357 g/mol. The maximum atomic E-state index is 11.7. The molecule has 0 bridgehead atoms. The molecule has 0 heterocycles. The summed E-state index contributed by atoms with van der Waals surface area (Å²) in [4.78, 5) is 11.7. The van der Waals surface area contributed by atoms with E-state index >= 15 is 0 Å². The Morgan fingerprint density at radius 2 is 1.95 bits per heavy atom. The van der Waals surface area contributed by atoms with Crippen LogP contribution in [-0.2, 0) is 9.47 Å². The summed E-state index contributed by atoms with van der Waals surface area (Å²) < 4.78 is 12.2. The number of carbonyl (C=O) groups excluding carboxylic acids is 1. The van der Waals surface area contributed by atoms with Crippen molar-refractivity contribution in [2.24, 2.45) is 5.92 Å². The van der Waals surface area contributed by atoms with Crippen molar-refractivity contribution in [3.63, 3.8) is 0 Å². The van der Waals surface area contributed by atoms with Gasteiger partial charge in [0, 0.05) is 4.43 Å². The van der Waals surface area contributed by atoms with Gasteiger partial charge in [-0.2, -0.15) is 0 Å². The van der Waals surface area contributed by atoms with E-state index in [1.807, 2.05) is 27.7 Å². The summed E-state index contributed by atoms with van der Waals surface area (Å²) in [5, 5.41) is 2.80. The van der Waals surface area contributed by atoms with Gasteiger partial charge in [0.2, 0.25) is 0 Å². The number of ether oxygens (including phenoxy) is 2. The highest BCUT2D eigenvalue weighted by molar-refractivity contribution is 14.1. The molecule has 0 radical (unpaired) electrons. The topological polar surface area (TPSA) is 47.6 Å². The van der Waals surface area contributed by atoms with Crippen molar-refractivity contribution in [3.05, 3.63) is 0 Å². The van der Waals surface area contributed by atoms with E-state index < -0.39 is 5.60 Å². The van der Waals surface area contributed by atoms with E-state index in [4.69, 9.17) is 9.47 Å². The Hall–Kier alpha value is -0.0400. The van der Waals surface area contributed by atoms with Gasteiger partial charge < -0.3 is 14.8 Å². The van der Waals surface area contributed by atoms with E-state index in [0.29, 0.717) is 12.5 Å². The summed E-state index contributed by atoms with van der Waals surface area (Å²) in [6, 6.07) is 0. The Kier molecular flexibility index (Phi) is 5.92. The quantitative estimate of drug-likeness (QED) is 0.564. The zero-order valence-corrected chi connectivity index (χ0v) is 14.7. The van der Waals surface area contributed by atoms with E-state index in [9.17, 15) is 4.79 Å². The molecule has 4 nitrogen and oxygen atoms in total. The summed E-state index contributed by atoms with van der Waals surface area (Å²) in [5.74, 6) is 0.698. The number of amides is 1. The SMILES string of the molecule is CC(OC(C)(CI)CNC(=O)OC(C)(C)C)C1CC1. The summed E-state index contributed by atoms with van der Waals surface area (Å²) in [7, 11) is 0. The lowest BCUT2D eigenvalue weighted by molar-refractivity contribution is -0.0662. The highest BCUT2D eigenvalue weighted by atomic mass is 127. The lowest BCUT2D eigenvalue weighted by Crippen LogP contribution is -2.47. The molecular formula is C14H26INO3. The lowest BCUT2D eigenvalue weighted by atomic mass is 10.1. The minimum atomic E-state index is -0.465. The Morgan fingerprint density at radius 3 is 2.37 bits per heavy atom. The second-order valence-corrected chi connectivity index (χ2v) is 7.36. The van der Waals surface area contributed by atoms with Crippen molar-refractivity contribution in [1.29, 1.82) is 0 Å². The Balaban J connectivity index is 2.39. The summed E-state index contributed by atoms with van der Waals surface area (Å²) in [6.45, 7) is 10.2. The molecule has 19 heavy (non-hydrogen) atoms. The van der Waals surface area contributed by atoms with Crippen molar-refractivity contribution >= 4 is 28.7 Å². The highest BCUT2D eigenvalue weighted by Crippen LogP contribution is 2.36. The van der Waals surface area contributed by atoms with Gasteiger partial charge in [-0.15, -0.1) is 0 Å². The fourth-order valence-corrected chi connectivity index (χ4v) is 2.25.